The van der Waals surface area contributed by atoms with E-state index in [0.29, 0.717) is 18.8 Å². The van der Waals surface area contributed by atoms with Crippen LogP contribution in [0.3, 0.4) is 0 Å². The monoisotopic (exact) mass is 464 g/mol. The average Bonchev–Trinajstić information content (AvgIpc) is 2.75. The van der Waals surface area contributed by atoms with E-state index >= 15 is 0 Å². The van der Waals surface area contributed by atoms with E-state index in [1.165, 1.54) is 5.56 Å². The number of nitrogens with zero attached hydrogens (tertiary/aromatic N) is 1. The van der Waals surface area contributed by atoms with E-state index in [1.54, 1.807) is 6.07 Å². The number of benzene rings is 3. The Labute approximate surface area is 185 Å². The molecule has 1 aliphatic rings. The molecule has 0 fully saturated rings. The van der Waals surface area contributed by atoms with Gasteiger partial charge < -0.3 is 9.84 Å². The van der Waals surface area contributed by atoms with Gasteiger partial charge in [0.25, 0.3) is 0 Å². The highest BCUT2D eigenvalue weighted by atomic mass is 79.9. The highest BCUT2D eigenvalue weighted by Gasteiger charge is 2.28. The summed E-state index contributed by atoms with van der Waals surface area (Å²) in [6.07, 6.45) is 0.468. The van der Waals surface area contributed by atoms with Crippen LogP contribution in [-0.2, 0) is 0 Å². The lowest BCUT2D eigenvalue weighted by Gasteiger charge is -2.31. The molecule has 4 rings (SSSR count). The van der Waals surface area contributed by atoms with Crippen molar-refractivity contribution in [3.63, 3.8) is 0 Å². The number of aryl methyl sites for hydroxylation is 1. The van der Waals surface area contributed by atoms with Crippen molar-refractivity contribution in [3.05, 3.63) is 93.5 Å². The molecular formula is C25H25BrN2O2. The molecule has 5 heteroatoms. The Balaban J connectivity index is 1.75. The number of aliphatic imine (C=N–C) groups is 1. The van der Waals surface area contributed by atoms with Crippen LogP contribution in [0.1, 0.15) is 47.8 Å². The van der Waals surface area contributed by atoms with Gasteiger partial charge in [-0.3, -0.25) is 10.3 Å². The van der Waals surface area contributed by atoms with Crippen LogP contribution in [0.5, 0.6) is 11.5 Å². The summed E-state index contributed by atoms with van der Waals surface area (Å²) in [4.78, 5) is 5.03. The molecule has 30 heavy (non-hydrogen) atoms. The van der Waals surface area contributed by atoms with Gasteiger partial charge in [0.2, 0.25) is 0 Å². The summed E-state index contributed by atoms with van der Waals surface area (Å²) in [6, 6.07) is 22.2. The Hall–Kier alpha value is -2.63. The average molecular weight is 465 g/mol. The van der Waals surface area contributed by atoms with Crippen molar-refractivity contribution in [2.45, 2.75) is 32.5 Å². The van der Waals surface area contributed by atoms with Crippen LogP contribution < -0.4 is 10.1 Å². The van der Waals surface area contributed by atoms with Crippen molar-refractivity contribution in [1.29, 1.82) is 0 Å². The normalized spacial score (nSPS) is 18.7. The minimum absolute atomic E-state index is 0.0943. The fourth-order valence-electron chi connectivity index (χ4n) is 3.76. The second-order valence-corrected chi connectivity index (χ2v) is 8.37. The van der Waals surface area contributed by atoms with Crippen LogP contribution >= 0.6 is 15.9 Å². The number of phenols is 1. The summed E-state index contributed by atoms with van der Waals surface area (Å²) in [6.45, 7) is 4.50. The number of nitrogens with one attached hydrogen (secondary N) is 1. The number of hydrogen-bond acceptors (Lipinski definition) is 4. The third-order valence-electron chi connectivity index (χ3n) is 5.30. The zero-order chi connectivity index (χ0) is 21.1. The Morgan fingerprint density at radius 3 is 2.60 bits per heavy atom. The largest absolute Gasteiger partial charge is 0.504 e. The number of phenolic OH excluding ortho intramolecular Hbond substituents is 1. The minimum Gasteiger partial charge on any atom is -0.504 e. The lowest BCUT2D eigenvalue weighted by molar-refractivity contribution is 0.313. The molecule has 0 amide bonds. The van der Waals surface area contributed by atoms with Gasteiger partial charge >= 0.3 is 0 Å². The summed E-state index contributed by atoms with van der Waals surface area (Å²) in [5.74, 6) is 0.699. The van der Waals surface area contributed by atoms with E-state index in [0.717, 1.165) is 26.9 Å². The number of halogens is 1. The van der Waals surface area contributed by atoms with Crippen molar-refractivity contribution in [1.82, 2.24) is 5.32 Å². The van der Waals surface area contributed by atoms with Gasteiger partial charge in [0.05, 0.1) is 6.61 Å². The molecule has 154 valence electrons. The van der Waals surface area contributed by atoms with Crippen molar-refractivity contribution in [2.24, 2.45) is 4.99 Å². The number of rotatable bonds is 5. The van der Waals surface area contributed by atoms with E-state index in [1.807, 2.05) is 31.2 Å². The van der Waals surface area contributed by atoms with Gasteiger partial charge in [-0.2, -0.15) is 0 Å². The van der Waals surface area contributed by atoms with Crippen molar-refractivity contribution in [3.8, 4) is 11.5 Å². The number of para-hydroxylation sites is 1. The van der Waals surface area contributed by atoms with E-state index in [9.17, 15) is 5.11 Å². The standard InChI is InChI=1S/C25H25BrN2O2/c1-3-30-23-9-5-8-20(24(23)29)22-15-21(18-6-4-7-19(26)14-18)27-25(28-22)17-12-10-16(2)11-13-17/h4-14,22,25,28-29H,3,15H2,1-2H3/t22-,25+/m0/s1. The quantitative estimate of drug-likeness (QED) is 0.480. The van der Waals surface area contributed by atoms with Crippen LogP contribution in [0, 0.1) is 6.92 Å². The molecule has 3 aromatic rings. The summed E-state index contributed by atoms with van der Waals surface area (Å²) in [7, 11) is 0. The molecule has 2 N–H and O–H groups in total. The van der Waals surface area contributed by atoms with Crippen LogP contribution in [0.25, 0.3) is 0 Å². The predicted molar refractivity (Wildman–Crippen MR) is 124 cm³/mol. The van der Waals surface area contributed by atoms with Gasteiger partial charge in [0, 0.05) is 28.2 Å². The van der Waals surface area contributed by atoms with Crippen molar-refractivity contribution < 1.29 is 9.84 Å². The first kappa shape index (κ1) is 20.6. The van der Waals surface area contributed by atoms with E-state index in [-0.39, 0.29) is 18.0 Å². The fourth-order valence-corrected chi connectivity index (χ4v) is 4.16. The van der Waals surface area contributed by atoms with E-state index in [4.69, 9.17) is 9.73 Å². The second kappa shape index (κ2) is 9.02. The fraction of sp³-hybridized carbons (Fsp3) is 0.240. The smallest absolute Gasteiger partial charge is 0.162 e. The Morgan fingerprint density at radius 2 is 1.87 bits per heavy atom. The van der Waals surface area contributed by atoms with Crippen LogP contribution in [-0.4, -0.2) is 17.4 Å². The molecule has 0 unspecified atom stereocenters. The summed E-state index contributed by atoms with van der Waals surface area (Å²) >= 11 is 3.57. The molecule has 4 nitrogen and oxygen atoms in total. The highest BCUT2D eigenvalue weighted by Crippen LogP contribution is 2.39. The molecule has 0 aliphatic carbocycles. The SMILES string of the molecule is CCOc1cccc([C@@H]2CC(c3cccc(Br)c3)=N[C@@H](c3ccc(C)cc3)N2)c1O. The molecule has 0 radical (unpaired) electrons. The molecule has 2 atom stereocenters. The first-order valence-corrected chi connectivity index (χ1v) is 10.9. The van der Waals surface area contributed by atoms with Crippen LogP contribution in [0.2, 0.25) is 0 Å². The third-order valence-corrected chi connectivity index (χ3v) is 5.79. The molecule has 0 saturated heterocycles. The van der Waals surface area contributed by atoms with Gasteiger partial charge in [-0.1, -0.05) is 70.0 Å². The lowest BCUT2D eigenvalue weighted by atomic mass is 9.93. The third kappa shape index (κ3) is 4.42. The summed E-state index contributed by atoms with van der Waals surface area (Å²) < 4.78 is 6.63. The van der Waals surface area contributed by atoms with E-state index < -0.39 is 0 Å². The van der Waals surface area contributed by atoms with E-state index in [2.05, 4.69) is 64.6 Å². The second-order valence-electron chi connectivity index (χ2n) is 7.45. The highest BCUT2D eigenvalue weighted by molar-refractivity contribution is 9.10. The Bertz CT molecular complexity index is 1060. The zero-order valence-corrected chi connectivity index (χ0v) is 18.7. The van der Waals surface area contributed by atoms with Crippen LogP contribution in [0.15, 0.2) is 76.2 Å². The van der Waals surface area contributed by atoms with Gasteiger partial charge in [-0.05, 0) is 43.2 Å². The molecule has 1 heterocycles. The van der Waals surface area contributed by atoms with Gasteiger partial charge in [0.1, 0.15) is 6.17 Å². The minimum atomic E-state index is -0.200. The number of ether oxygens (including phenoxy) is 1. The zero-order valence-electron chi connectivity index (χ0n) is 17.1. The summed E-state index contributed by atoms with van der Waals surface area (Å²) in [5.41, 5.74) is 5.21. The predicted octanol–water partition coefficient (Wildman–Crippen LogP) is 6.08. The molecule has 0 saturated carbocycles. The molecule has 0 aromatic heterocycles. The maximum absolute atomic E-state index is 10.9. The number of hydrogen-bond donors (Lipinski definition) is 2. The topological polar surface area (TPSA) is 53.8 Å². The van der Waals surface area contributed by atoms with Crippen molar-refractivity contribution in [2.75, 3.05) is 6.61 Å². The Morgan fingerprint density at radius 1 is 1.10 bits per heavy atom. The molecular weight excluding hydrogens is 440 g/mol. The van der Waals surface area contributed by atoms with Gasteiger partial charge in [-0.25, -0.2) is 0 Å². The van der Waals surface area contributed by atoms with Crippen molar-refractivity contribution >= 4 is 21.6 Å². The van der Waals surface area contributed by atoms with Crippen LogP contribution in [0.4, 0.5) is 0 Å². The lowest BCUT2D eigenvalue weighted by Crippen LogP contribution is -2.33. The molecule has 1 aliphatic heterocycles. The van der Waals surface area contributed by atoms with Gasteiger partial charge in [0.15, 0.2) is 11.5 Å². The van der Waals surface area contributed by atoms with Gasteiger partial charge in [-0.15, -0.1) is 0 Å². The Kier molecular flexibility index (Phi) is 6.21. The maximum atomic E-state index is 10.9. The maximum Gasteiger partial charge on any atom is 0.162 e. The number of aromatic hydroxyl groups is 1. The first-order chi connectivity index (χ1) is 14.5. The molecule has 0 spiro atoms. The molecule has 3 aromatic carbocycles. The summed E-state index contributed by atoms with van der Waals surface area (Å²) in [5, 5.41) is 14.5. The molecule has 0 bridgehead atoms. The first-order valence-electron chi connectivity index (χ1n) is 10.1.